The van der Waals surface area contributed by atoms with E-state index >= 15 is 0 Å². The maximum absolute atomic E-state index is 10.8. The van der Waals surface area contributed by atoms with Crippen molar-refractivity contribution in [2.24, 2.45) is 5.41 Å². The summed E-state index contributed by atoms with van der Waals surface area (Å²) < 4.78 is 5.39. The van der Waals surface area contributed by atoms with Gasteiger partial charge in [-0.1, -0.05) is 38.4 Å². The first kappa shape index (κ1) is 13.9. The molecule has 19 heavy (non-hydrogen) atoms. The predicted molar refractivity (Wildman–Crippen MR) is 77.4 cm³/mol. The summed E-state index contributed by atoms with van der Waals surface area (Å²) in [7, 11) is 0. The molecule has 2 aromatic rings. The molecule has 0 aliphatic carbocycles. The highest BCUT2D eigenvalue weighted by atomic mass is 35.5. The van der Waals surface area contributed by atoms with Crippen molar-refractivity contribution in [3.8, 4) is 0 Å². The van der Waals surface area contributed by atoms with Gasteiger partial charge in [0, 0.05) is 11.4 Å². The zero-order chi connectivity index (χ0) is 14.0. The fourth-order valence-corrected chi connectivity index (χ4v) is 2.39. The molecule has 1 amide bonds. The lowest BCUT2D eigenvalue weighted by molar-refractivity contribution is -0.110. The van der Waals surface area contributed by atoms with Crippen molar-refractivity contribution in [1.82, 2.24) is 5.32 Å². The summed E-state index contributed by atoms with van der Waals surface area (Å²) in [5, 5.41) is 4.52. The van der Waals surface area contributed by atoms with Crippen LogP contribution in [0.15, 0.2) is 28.9 Å². The average molecular weight is 280 g/mol. The summed E-state index contributed by atoms with van der Waals surface area (Å²) in [5.41, 5.74) is 1.82. The number of amides is 1. The summed E-state index contributed by atoms with van der Waals surface area (Å²) >= 11 is 6.09. The van der Waals surface area contributed by atoms with Crippen molar-refractivity contribution < 1.29 is 9.21 Å². The third kappa shape index (κ3) is 2.92. The molecule has 0 bridgehead atoms. The number of hydrogen-bond donors (Lipinski definition) is 1. The van der Waals surface area contributed by atoms with Crippen LogP contribution in [0.5, 0.6) is 0 Å². The number of carbonyl (C=O) groups is 1. The monoisotopic (exact) mass is 279 g/mol. The molecule has 1 N–H and O–H groups in total. The van der Waals surface area contributed by atoms with Crippen LogP contribution in [-0.4, -0.2) is 12.5 Å². The fraction of sp³-hybridized carbons (Fsp3) is 0.400. The Kier molecular flexibility index (Phi) is 3.85. The van der Waals surface area contributed by atoms with Crippen LogP contribution in [0.25, 0.3) is 11.0 Å². The summed E-state index contributed by atoms with van der Waals surface area (Å²) in [5.74, 6) is 0. The first-order valence-electron chi connectivity index (χ1n) is 6.28. The Morgan fingerprint density at radius 3 is 2.74 bits per heavy atom. The fourth-order valence-electron chi connectivity index (χ4n) is 2.18. The van der Waals surface area contributed by atoms with Crippen molar-refractivity contribution in [3.63, 3.8) is 0 Å². The molecule has 1 atom stereocenters. The molecule has 0 spiro atoms. The Morgan fingerprint density at radius 2 is 2.11 bits per heavy atom. The minimum atomic E-state index is -0.0173. The van der Waals surface area contributed by atoms with Crippen molar-refractivity contribution in [2.45, 2.75) is 33.2 Å². The van der Waals surface area contributed by atoms with Gasteiger partial charge in [0.05, 0.1) is 11.3 Å². The molecule has 4 heteroatoms. The van der Waals surface area contributed by atoms with Gasteiger partial charge >= 0.3 is 0 Å². The van der Waals surface area contributed by atoms with Crippen LogP contribution in [0.4, 0.5) is 0 Å². The molecule has 102 valence electrons. The van der Waals surface area contributed by atoms with Crippen LogP contribution >= 0.6 is 11.6 Å². The molecule has 2 rings (SSSR count). The zero-order valence-corrected chi connectivity index (χ0v) is 12.1. The Bertz CT molecular complexity index is 583. The van der Waals surface area contributed by atoms with Crippen molar-refractivity contribution in [1.29, 1.82) is 0 Å². The van der Waals surface area contributed by atoms with E-state index in [0.717, 1.165) is 23.8 Å². The van der Waals surface area contributed by atoms with Crippen molar-refractivity contribution in [2.75, 3.05) is 0 Å². The van der Waals surface area contributed by atoms with E-state index in [1.165, 1.54) is 0 Å². The third-order valence-corrected chi connectivity index (χ3v) is 3.70. The number of furan rings is 1. The summed E-state index contributed by atoms with van der Waals surface area (Å²) in [6, 6.07) is 5.80. The molecular weight excluding hydrogens is 262 g/mol. The van der Waals surface area contributed by atoms with E-state index in [4.69, 9.17) is 16.0 Å². The summed E-state index contributed by atoms with van der Waals surface area (Å²) in [4.78, 5) is 10.8. The minimum absolute atomic E-state index is 0.0173. The van der Waals surface area contributed by atoms with Gasteiger partial charge in [0.2, 0.25) is 6.41 Å². The van der Waals surface area contributed by atoms with Gasteiger partial charge in [0.15, 0.2) is 5.58 Å². The van der Waals surface area contributed by atoms with Crippen LogP contribution < -0.4 is 5.32 Å². The largest absolute Gasteiger partial charge is 0.463 e. The molecular formula is C15H18ClNO2. The van der Waals surface area contributed by atoms with Crippen LogP contribution in [0.3, 0.4) is 0 Å². The second kappa shape index (κ2) is 5.25. The average Bonchev–Trinajstić information content (AvgIpc) is 2.80. The normalized spacial score (nSPS) is 13.5. The minimum Gasteiger partial charge on any atom is -0.463 e. The van der Waals surface area contributed by atoms with Gasteiger partial charge in [-0.05, 0) is 29.5 Å². The number of carbonyl (C=O) groups excluding carboxylic acids is 1. The molecule has 1 aromatic heterocycles. The highest BCUT2D eigenvalue weighted by Gasteiger charge is 2.25. The molecule has 1 heterocycles. The van der Waals surface area contributed by atoms with E-state index in [-0.39, 0.29) is 11.5 Å². The second-order valence-corrected chi connectivity index (χ2v) is 6.18. The van der Waals surface area contributed by atoms with Crippen molar-refractivity contribution >= 4 is 29.0 Å². The summed E-state index contributed by atoms with van der Waals surface area (Å²) in [6.07, 6.45) is 3.15. The van der Waals surface area contributed by atoms with Crippen molar-refractivity contribution in [3.05, 3.63) is 35.0 Å². The van der Waals surface area contributed by atoms with Gasteiger partial charge in [0.25, 0.3) is 0 Å². The Labute approximate surface area is 117 Å². The van der Waals surface area contributed by atoms with Crippen LogP contribution in [0.2, 0.25) is 5.02 Å². The van der Waals surface area contributed by atoms with Crippen LogP contribution in [0.1, 0.15) is 26.3 Å². The van der Waals surface area contributed by atoms with Gasteiger partial charge < -0.3 is 9.73 Å². The number of rotatable bonds is 4. The molecule has 0 saturated carbocycles. The number of nitrogens with one attached hydrogen (secondary N) is 1. The lowest BCUT2D eigenvalue weighted by Gasteiger charge is -2.30. The van der Waals surface area contributed by atoms with E-state index in [2.05, 4.69) is 26.1 Å². The quantitative estimate of drug-likeness (QED) is 0.865. The first-order chi connectivity index (χ1) is 8.93. The van der Waals surface area contributed by atoms with E-state index in [1.807, 2.05) is 18.2 Å². The maximum Gasteiger partial charge on any atom is 0.207 e. The first-order valence-corrected chi connectivity index (χ1v) is 6.65. The topological polar surface area (TPSA) is 42.2 Å². The third-order valence-electron chi connectivity index (χ3n) is 3.40. The molecule has 0 aliphatic rings. The van der Waals surface area contributed by atoms with Gasteiger partial charge in [-0.2, -0.15) is 0 Å². The SMILES string of the molecule is CC(C)(C)C(Cc1ccc(Cl)c2occc12)NC=O. The lowest BCUT2D eigenvalue weighted by Crippen LogP contribution is -2.41. The van der Waals surface area contributed by atoms with E-state index in [0.29, 0.717) is 10.6 Å². The molecule has 0 fully saturated rings. The highest BCUT2D eigenvalue weighted by Crippen LogP contribution is 2.30. The van der Waals surface area contributed by atoms with Gasteiger partial charge in [0.1, 0.15) is 0 Å². The van der Waals surface area contributed by atoms with Gasteiger partial charge in [-0.3, -0.25) is 4.79 Å². The number of benzene rings is 1. The standard InChI is InChI=1S/C15H18ClNO2/c1-15(2,3)13(17-9-18)8-10-4-5-12(16)14-11(10)6-7-19-14/h4-7,9,13H,8H2,1-3H3,(H,17,18). The number of fused-ring (bicyclic) bond motifs is 1. The molecule has 0 saturated heterocycles. The van der Waals surface area contributed by atoms with Gasteiger partial charge in [-0.25, -0.2) is 0 Å². The van der Waals surface area contributed by atoms with E-state index < -0.39 is 0 Å². The molecule has 1 aromatic carbocycles. The number of halogens is 1. The smallest absolute Gasteiger partial charge is 0.207 e. The lowest BCUT2D eigenvalue weighted by atomic mass is 9.82. The maximum atomic E-state index is 10.8. The molecule has 0 aliphatic heterocycles. The summed E-state index contributed by atoms with van der Waals surface area (Å²) in [6.45, 7) is 6.32. The number of hydrogen-bond acceptors (Lipinski definition) is 2. The Morgan fingerprint density at radius 1 is 1.37 bits per heavy atom. The second-order valence-electron chi connectivity index (χ2n) is 5.78. The highest BCUT2D eigenvalue weighted by molar-refractivity contribution is 6.34. The van der Waals surface area contributed by atoms with Crippen LogP contribution in [-0.2, 0) is 11.2 Å². The zero-order valence-electron chi connectivity index (χ0n) is 11.4. The van der Waals surface area contributed by atoms with Gasteiger partial charge in [-0.15, -0.1) is 0 Å². The van der Waals surface area contributed by atoms with E-state index in [9.17, 15) is 4.79 Å². The Hall–Kier alpha value is -1.48. The predicted octanol–water partition coefficient (Wildman–Crippen LogP) is 3.79. The van der Waals surface area contributed by atoms with Crippen LogP contribution in [0, 0.1) is 5.41 Å². The molecule has 1 unspecified atom stereocenters. The molecule has 0 radical (unpaired) electrons. The Balaban J connectivity index is 2.37. The molecule has 3 nitrogen and oxygen atoms in total. The van der Waals surface area contributed by atoms with E-state index in [1.54, 1.807) is 6.26 Å².